The molecule has 1 saturated heterocycles. The Morgan fingerprint density at radius 2 is 1.50 bits per heavy atom. The Morgan fingerprint density at radius 1 is 0.923 bits per heavy atom. The van der Waals surface area contributed by atoms with Crippen LogP contribution in [-0.4, -0.2) is 41.2 Å². The van der Waals surface area contributed by atoms with Gasteiger partial charge in [0, 0.05) is 35.3 Å². The first kappa shape index (κ1) is 17.1. The second-order valence-corrected chi connectivity index (χ2v) is 7.24. The van der Waals surface area contributed by atoms with Gasteiger partial charge < -0.3 is 9.30 Å². The third-order valence-corrected chi connectivity index (χ3v) is 5.31. The first-order chi connectivity index (χ1) is 12.7. The highest BCUT2D eigenvalue weighted by Gasteiger charge is 2.21. The maximum absolute atomic E-state index is 11.7. The van der Waals surface area contributed by atoms with E-state index in [0.29, 0.717) is 6.54 Å². The van der Waals surface area contributed by atoms with E-state index < -0.39 is 0 Å². The molecule has 0 radical (unpaired) electrons. The molecule has 2 heterocycles. The molecule has 4 heteroatoms. The van der Waals surface area contributed by atoms with Gasteiger partial charge in [-0.05, 0) is 38.1 Å². The first-order valence-electron chi connectivity index (χ1n) is 9.58. The fourth-order valence-corrected chi connectivity index (χ4v) is 4.20. The number of para-hydroxylation sites is 2. The molecular formula is C22H26N2O2. The standard InChI is InChI=1S/C22H26N2O2/c1-17(25)26-18(15-23-13-7-2-8-14-23)16-24-21-11-5-3-9-19(21)20-10-4-6-12-22(20)24/h3-6,9-12,18H,2,7-8,13-16H2,1H3/t18-/m0/s1. The van der Waals surface area contributed by atoms with Crippen LogP contribution in [0.4, 0.5) is 0 Å². The van der Waals surface area contributed by atoms with Crippen molar-refractivity contribution in [2.45, 2.75) is 38.8 Å². The van der Waals surface area contributed by atoms with Crippen molar-refractivity contribution in [1.29, 1.82) is 0 Å². The molecule has 3 aromatic rings. The number of ether oxygens (including phenoxy) is 1. The number of nitrogens with zero attached hydrogens (tertiary/aromatic N) is 2. The van der Waals surface area contributed by atoms with E-state index in [2.05, 4.69) is 58.0 Å². The summed E-state index contributed by atoms with van der Waals surface area (Å²) in [6.07, 6.45) is 3.65. The summed E-state index contributed by atoms with van der Waals surface area (Å²) in [7, 11) is 0. The summed E-state index contributed by atoms with van der Waals surface area (Å²) < 4.78 is 8.03. The first-order valence-corrected chi connectivity index (χ1v) is 9.58. The summed E-state index contributed by atoms with van der Waals surface area (Å²) in [6, 6.07) is 16.9. The molecule has 0 aliphatic carbocycles. The van der Waals surface area contributed by atoms with Crippen LogP contribution in [0, 0.1) is 0 Å². The number of hydrogen-bond acceptors (Lipinski definition) is 3. The molecule has 1 aromatic heterocycles. The van der Waals surface area contributed by atoms with E-state index in [1.54, 1.807) is 0 Å². The number of carbonyl (C=O) groups is 1. The van der Waals surface area contributed by atoms with Crippen LogP contribution in [0.3, 0.4) is 0 Å². The molecule has 1 atom stereocenters. The van der Waals surface area contributed by atoms with Crippen molar-refractivity contribution in [2.24, 2.45) is 0 Å². The molecule has 0 unspecified atom stereocenters. The molecule has 0 saturated carbocycles. The van der Waals surface area contributed by atoms with Crippen molar-refractivity contribution in [3.63, 3.8) is 0 Å². The highest BCUT2D eigenvalue weighted by molar-refractivity contribution is 6.07. The smallest absolute Gasteiger partial charge is 0.303 e. The summed E-state index contributed by atoms with van der Waals surface area (Å²) in [5.41, 5.74) is 2.40. The molecule has 4 rings (SSSR count). The van der Waals surface area contributed by atoms with E-state index in [0.717, 1.165) is 19.6 Å². The highest BCUT2D eigenvalue weighted by atomic mass is 16.5. The zero-order valence-corrected chi connectivity index (χ0v) is 15.4. The number of aromatic nitrogens is 1. The number of fused-ring (bicyclic) bond motifs is 3. The lowest BCUT2D eigenvalue weighted by Gasteiger charge is -2.30. The average molecular weight is 350 g/mol. The summed E-state index contributed by atoms with van der Waals surface area (Å²) >= 11 is 0. The Morgan fingerprint density at radius 3 is 2.08 bits per heavy atom. The molecule has 1 aliphatic rings. The van der Waals surface area contributed by atoms with Gasteiger partial charge in [-0.1, -0.05) is 42.8 Å². The van der Waals surface area contributed by atoms with Crippen molar-refractivity contribution < 1.29 is 9.53 Å². The predicted molar refractivity (Wildman–Crippen MR) is 105 cm³/mol. The summed E-state index contributed by atoms with van der Waals surface area (Å²) in [5, 5.41) is 2.50. The third kappa shape index (κ3) is 3.47. The van der Waals surface area contributed by atoms with Crippen molar-refractivity contribution in [3.8, 4) is 0 Å². The quantitative estimate of drug-likeness (QED) is 0.647. The minimum Gasteiger partial charge on any atom is -0.459 e. The van der Waals surface area contributed by atoms with Crippen LogP contribution in [0.1, 0.15) is 26.2 Å². The van der Waals surface area contributed by atoms with E-state index in [1.807, 2.05) is 0 Å². The van der Waals surface area contributed by atoms with Crippen LogP contribution in [0.5, 0.6) is 0 Å². The maximum atomic E-state index is 11.7. The second kappa shape index (κ2) is 7.50. The van der Waals surface area contributed by atoms with Crippen LogP contribution in [0.25, 0.3) is 21.8 Å². The van der Waals surface area contributed by atoms with Gasteiger partial charge in [-0.25, -0.2) is 0 Å². The SMILES string of the molecule is CC(=O)O[C@@H](CN1CCCCC1)Cn1c2ccccc2c2ccccc21. The molecule has 2 aromatic carbocycles. The number of benzene rings is 2. The molecule has 4 nitrogen and oxygen atoms in total. The van der Waals surface area contributed by atoms with E-state index in [4.69, 9.17) is 4.74 Å². The molecule has 136 valence electrons. The van der Waals surface area contributed by atoms with Gasteiger partial charge in [0.1, 0.15) is 6.10 Å². The average Bonchev–Trinajstić information content (AvgIpc) is 2.96. The minimum atomic E-state index is -0.201. The lowest BCUT2D eigenvalue weighted by Crippen LogP contribution is -2.40. The lowest BCUT2D eigenvalue weighted by molar-refractivity contribution is -0.148. The third-order valence-electron chi connectivity index (χ3n) is 5.31. The number of hydrogen-bond donors (Lipinski definition) is 0. The Balaban J connectivity index is 1.68. The Labute approximate surface area is 154 Å². The summed E-state index contributed by atoms with van der Waals surface area (Å²) in [6.45, 7) is 5.20. The van der Waals surface area contributed by atoms with Gasteiger partial charge in [0.05, 0.1) is 6.54 Å². The number of carbonyl (C=O) groups excluding carboxylic acids is 1. The van der Waals surface area contributed by atoms with Crippen molar-refractivity contribution in [2.75, 3.05) is 19.6 Å². The van der Waals surface area contributed by atoms with E-state index in [-0.39, 0.29) is 12.1 Å². The molecule has 1 fully saturated rings. The summed E-state index contributed by atoms with van der Waals surface area (Å²) in [5.74, 6) is -0.201. The van der Waals surface area contributed by atoms with Gasteiger partial charge in [0.15, 0.2) is 0 Å². The topological polar surface area (TPSA) is 34.5 Å². The number of likely N-dealkylation sites (tertiary alicyclic amines) is 1. The molecule has 0 bridgehead atoms. The largest absolute Gasteiger partial charge is 0.459 e. The van der Waals surface area contributed by atoms with Crippen molar-refractivity contribution in [3.05, 3.63) is 48.5 Å². The molecule has 0 spiro atoms. The lowest BCUT2D eigenvalue weighted by atomic mass is 10.1. The van der Waals surface area contributed by atoms with Crippen LogP contribution in [0.2, 0.25) is 0 Å². The summed E-state index contributed by atoms with van der Waals surface area (Å²) in [4.78, 5) is 14.1. The van der Waals surface area contributed by atoms with Gasteiger partial charge in [-0.3, -0.25) is 9.69 Å². The number of esters is 1. The van der Waals surface area contributed by atoms with Gasteiger partial charge in [0.25, 0.3) is 0 Å². The van der Waals surface area contributed by atoms with Gasteiger partial charge in [-0.2, -0.15) is 0 Å². The van der Waals surface area contributed by atoms with Gasteiger partial charge in [-0.15, -0.1) is 0 Å². The monoisotopic (exact) mass is 350 g/mol. The number of piperidine rings is 1. The van der Waals surface area contributed by atoms with Crippen LogP contribution in [-0.2, 0) is 16.1 Å². The van der Waals surface area contributed by atoms with Crippen LogP contribution in [0.15, 0.2) is 48.5 Å². The molecule has 0 N–H and O–H groups in total. The van der Waals surface area contributed by atoms with Crippen LogP contribution < -0.4 is 0 Å². The zero-order chi connectivity index (χ0) is 17.9. The molecular weight excluding hydrogens is 324 g/mol. The fraction of sp³-hybridized carbons (Fsp3) is 0.409. The minimum absolute atomic E-state index is 0.134. The van der Waals surface area contributed by atoms with E-state index in [1.165, 1.54) is 48.0 Å². The molecule has 0 amide bonds. The van der Waals surface area contributed by atoms with Gasteiger partial charge >= 0.3 is 5.97 Å². The van der Waals surface area contributed by atoms with Crippen molar-refractivity contribution in [1.82, 2.24) is 9.47 Å². The van der Waals surface area contributed by atoms with Crippen molar-refractivity contribution >= 4 is 27.8 Å². The van der Waals surface area contributed by atoms with E-state index in [9.17, 15) is 4.79 Å². The Bertz CT molecular complexity index is 856. The maximum Gasteiger partial charge on any atom is 0.303 e. The van der Waals surface area contributed by atoms with Crippen LogP contribution >= 0.6 is 0 Å². The molecule has 26 heavy (non-hydrogen) atoms. The van der Waals surface area contributed by atoms with E-state index >= 15 is 0 Å². The van der Waals surface area contributed by atoms with Gasteiger partial charge in [0.2, 0.25) is 0 Å². The predicted octanol–water partition coefficient (Wildman–Crippen LogP) is 4.21. The fourth-order valence-electron chi connectivity index (χ4n) is 4.20. The zero-order valence-electron chi connectivity index (χ0n) is 15.4. The Hall–Kier alpha value is -2.33. The molecule has 1 aliphatic heterocycles. The highest BCUT2D eigenvalue weighted by Crippen LogP contribution is 2.29. The number of rotatable bonds is 5. The second-order valence-electron chi connectivity index (χ2n) is 7.24. The Kier molecular flexibility index (Phi) is 4.93. The normalized spacial score (nSPS) is 16.8.